The van der Waals surface area contributed by atoms with Crippen LogP contribution < -0.4 is 5.32 Å². The number of hydrogen-bond donors (Lipinski definition) is 1. The lowest BCUT2D eigenvalue weighted by atomic mass is 9.97. The Balaban J connectivity index is 2.53. The third kappa shape index (κ3) is 3.04. The van der Waals surface area contributed by atoms with Crippen LogP contribution in [0, 0.1) is 17.5 Å². The first-order valence-electron chi connectivity index (χ1n) is 6.16. The van der Waals surface area contributed by atoms with E-state index in [1.54, 1.807) is 18.2 Å². The molecule has 0 aliphatic carbocycles. The lowest BCUT2D eigenvalue weighted by molar-refractivity contribution is 0.520. The summed E-state index contributed by atoms with van der Waals surface area (Å²) in [5.41, 5.74) is 0.525. The van der Waals surface area contributed by atoms with E-state index in [-0.39, 0.29) is 5.56 Å². The van der Waals surface area contributed by atoms with Crippen LogP contribution in [-0.4, -0.2) is 6.54 Å². The molecule has 0 aliphatic rings. The van der Waals surface area contributed by atoms with Crippen LogP contribution >= 0.6 is 15.9 Å². The van der Waals surface area contributed by atoms with Crippen molar-refractivity contribution < 1.29 is 13.2 Å². The minimum atomic E-state index is -0.699. The Morgan fingerprint density at radius 1 is 1.10 bits per heavy atom. The Labute approximate surface area is 123 Å². The Kier molecular flexibility index (Phi) is 4.83. The fraction of sp³-hybridized carbons (Fsp3) is 0.200. The number of rotatable bonds is 4. The van der Waals surface area contributed by atoms with Crippen LogP contribution in [0.4, 0.5) is 13.2 Å². The van der Waals surface area contributed by atoms with Gasteiger partial charge in [0, 0.05) is 17.2 Å². The molecule has 1 atom stereocenters. The van der Waals surface area contributed by atoms with Crippen LogP contribution in [0.1, 0.15) is 24.1 Å². The normalized spacial score (nSPS) is 12.4. The molecule has 0 saturated heterocycles. The van der Waals surface area contributed by atoms with Gasteiger partial charge < -0.3 is 5.32 Å². The molecule has 5 heteroatoms. The summed E-state index contributed by atoms with van der Waals surface area (Å²) < 4.78 is 41.4. The van der Waals surface area contributed by atoms with Crippen molar-refractivity contribution in [2.75, 3.05) is 6.54 Å². The van der Waals surface area contributed by atoms with Crippen molar-refractivity contribution in [1.29, 1.82) is 0 Å². The van der Waals surface area contributed by atoms with Crippen molar-refractivity contribution >= 4 is 15.9 Å². The zero-order valence-electron chi connectivity index (χ0n) is 10.8. The molecule has 0 aromatic heterocycles. The van der Waals surface area contributed by atoms with E-state index >= 15 is 0 Å². The van der Waals surface area contributed by atoms with Gasteiger partial charge in [0.15, 0.2) is 0 Å². The predicted molar refractivity (Wildman–Crippen MR) is 76.0 cm³/mol. The molecule has 0 amide bonds. The lowest BCUT2D eigenvalue weighted by Gasteiger charge is -2.20. The van der Waals surface area contributed by atoms with E-state index in [1.807, 2.05) is 6.92 Å². The van der Waals surface area contributed by atoms with E-state index in [2.05, 4.69) is 21.2 Å². The van der Waals surface area contributed by atoms with Gasteiger partial charge in [-0.3, -0.25) is 0 Å². The van der Waals surface area contributed by atoms with Gasteiger partial charge in [0.25, 0.3) is 0 Å². The highest BCUT2D eigenvalue weighted by atomic mass is 79.9. The van der Waals surface area contributed by atoms with Crippen molar-refractivity contribution in [3.63, 3.8) is 0 Å². The summed E-state index contributed by atoms with van der Waals surface area (Å²) in [7, 11) is 0. The first-order valence-corrected chi connectivity index (χ1v) is 6.96. The zero-order valence-corrected chi connectivity index (χ0v) is 12.3. The van der Waals surface area contributed by atoms with Gasteiger partial charge in [-0.25, -0.2) is 13.2 Å². The minimum absolute atomic E-state index is 0.213. The van der Waals surface area contributed by atoms with Crippen LogP contribution in [0.5, 0.6) is 0 Å². The second-order valence-corrected chi connectivity index (χ2v) is 5.15. The Bertz CT molecular complexity index is 616. The number of halogens is 4. The molecule has 0 saturated carbocycles. The van der Waals surface area contributed by atoms with Crippen molar-refractivity contribution in [3.05, 3.63) is 69.4 Å². The molecule has 2 aromatic carbocycles. The maximum atomic E-state index is 14.2. The maximum absolute atomic E-state index is 14.2. The lowest BCUT2D eigenvalue weighted by Crippen LogP contribution is -2.24. The van der Waals surface area contributed by atoms with Crippen molar-refractivity contribution in [2.45, 2.75) is 13.0 Å². The largest absolute Gasteiger partial charge is 0.306 e. The van der Waals surface area contributed by atoms with E-state index < -0.39 is 23.5 Å². The van der Waals surface area contributed by atoms with E-state index in [0.29, 0.717) is 16.6 Å². The number of benzene rings is 2. The van der Waals surface area contributed by atoms with Crippen LogP contribution in [0.3, 0.4) is 0 Å². The molecular weight excluding hydrogens is 331 g/mol. The average Bonchev–Trinajstić information content (AvgIpc) is 2.40. The van der Waals surface area contributed by atoms with E-state index in [4.69, 9.17) is 0 Å². The molecule has 0 bridgehead atoms. The molecule has 2 aromatic rings. The molecule has 0 heterocycles. The molecule has 1 unspecified atom stereocenters. The predicted octanol–water partition coefficient (Wildman–Crippen LogP) is 4.57. The van der Waals surface area contributed by atoms with Crippen LogP contribution in [0.2, 0.25) is 0 Å². The summed E-state index contributed by atoms with van der Waals surface area (Å²) in [5.74, 6) is -1.81. The van der Waals surface area contributed by atoms with Crippen molar-refractivity contribution in [1.82, 2.24) is 5.32 Å². The van der Waals surface area contributed by atoms with Crippen LogP contribution in [0.15, 0.2) is 40.9 Å². The third-order valence-corrected chi connectivity index (χ3v) is 3.59. The second-order valence-electron chi connectivity index (χ2n) is 4.30. The second kappa shape index (κ2) is 6.41. The summed E-state index contributed by atoms with van der Waals surface area (Å²) in [4.78, 5) is 0. The monoisotopic (exact) mass is 343 g/mol. The minimum Gasteiger partial charge on any atom is -0.306 e. The molecule has 2 rings (SSSR count). The fourth-order valence-corrected chi connectivity index (χ4v) is 2.45. The van der Waals surface area contributed by atoms with E-state index in [9.17, 15) is 13.2 Å². The van der Waals surface area contributed by atoms with Gasteiger partial charge >= 0.3 is 0 Å². The molecule has 0 fully saturated rings. The summed E-state index contributed by atoms with van der Waals surface area (Å²) in [6.45, 7) is 2.36. The molecule has 106 valence electrons. The molecule has 0 radical (unpaired) electrons. The highest BCUT2D eigenvalue weighted by molar-refractivity contribution is 9.10. The molecule has 0 aliphatic heterocycles. The smallest absolute Gasteiger partial charge is 0.142 e. The Hall–Kier alpha value is -1.33. The summed E-state index contributed by atoms with van der Waals surface area (Å²) in [6.07, 6.45) is 0. The highest BCUT2D eigenvalue weighted by Gasteiger charge is 2.21. The maximum Gasteiger partial charge on any atom is 0.142 e. The summed E-state index contributed by atoms with van der Waals surface area (Å²) in [5, 5.41) is 3.02. The summed E-state index contributed by atoms with van der Waals surface area (Å²) >= 11 is 3.11. The zero-order chi connectivity index (χ0) is 14.7. The molecule has 0 spiro atoms. The van der Waals surface area contributed by atoms with Crippen molar-refractivity contribution in [3.8, 4) is 0 Å². The SMILES string of the molecule is CCNC(c1ccc(F)cc1F)c1cccc(Br)c1F. The Morgan fingerprint density at radius 2 is 1.85 bits per heavy atom. The fourth-order valence-electron chi connectivity index (χ4n) is 2.07. The molecule has 1 nitrogen and oxygen atoms in total. The standard InChI is InChI=1S/C15H13BrF3N/c1-2-20-15(10-7-6-9(17)8-13(10)18)11-4-3-5-12(16)14(11)19/h3-8,15,20H,2H2,1H3. The third-order valence-electron chi connectivity index (χ3n) is 2.97. The van der Waals surface area contributed by atoms with E-state index in [1.165, 1.54) is 12.1 Å². The van der Waals surface area contributed by atoms with Gasteiger partial charge in [0.1, 0.15) is 17.5 Å². The Morgan fingerprint density at radius 3 is 2.50 bits per heavy atom. The van der Waals surface area contributed by atoms with Gasteiger partial charge in [-0.05, 0) is 34.6 Å². The number of nitrogens with one attached hydrogen (secondary N) is 1. The number of hydrogen-bond acceptors (Lipinski definition) is 1. The van der Waals surface area contributed by atoms with Crippen molar-refractivity contribution in [2.24, 2.45) is 0 Å². The first kappa shape index (κ1) is 15.1. The van der Waals surface area contributed by atoms with E-state index in [0.717, 1.165) is 6.07 Å². The summed E-state index contributed by atoms with van der Waals surface area (Å²) in [6, 6.07) is 7.46. The van der Waals surface area contributed by atoms with Gasteiger partial charge in [-0.2, -0.15) is 0 Å². The molecular formula is C15H13BrF3N. The van der Waals surface area contributed by atoms with Gasteiger partial charge in [-0.15, -0.1) is 0 Å². The molecule has 20 heavy (non-hydrogen) atoms. The van der Waals surface area contributed by atoms with Gasteiger partial charge in [-0.1, -0.05) is 25.1 Å². The average molecular weight is 344 g/mol. The van der Waals surface area contributed by atoms with Crippen LogP contribution in [0.25, 0.3) is 0 Å². The van der Waals surface area contributed by atoms with Gasteiger partial charge in [0.2, 0.25) is 0 Å². The topological polar surface area (TPSA) is 12.0 Å². The van der Waals surface area contributed by atoms with Crippen LogP contribution in [-0.2, 0) is 0 Å². The quantitative estimate of drug-likeness (QED) is 0.857. The molecule has 1 N–H and O–H groups in total. The highest BCUT2D eigenvalue weighted by Crippen LogP contribution is 2.30. The first-order chi connectivity index (χ1) is 9.54. The van der Waals surface area contributed by atoms with Gasteiger partial charge in [0.05, 0.1) is 10.5 Å².